The summed E-state index contributed by atoms with van der Waals surface area (Å²) in [7, 11) is 1.72. The molecule has 4 heteroatoms. The number of pyridine rings is 1. The Bertz CT molecular complexity index is 312. The monoisotopic (exact) mass is 197 g/mol. The molecule has 0 saturated heterocycles. The lowest BCUT2D eigenvalue weighted by molar-refractivity contribution is 0.191. The molecule has 0 amide bonds. The number of aromatic nitrogens is 1. The van der Waals surface area contributed by atoms with Crippen LogP contribution in [-0.2, 0) is 0 Å². The van der Waals surface area contributed by atoms with E-state index in [-0.39, 0.29) is 5.82 Å². The molecule has 1 heterocycles. The minimum absolute atomic E-state index is 0.253. The molecular weight excluding hydrogens is 181 g/mol. The summed E-state index contributed by atoms with van der Waals surface area (Å²) >= 11 is 0. The number of rotatable bonds is 3. The molecule has 1 aromatic heterocycles. The third-order valence-electron chi connectivity index (χ3n) is 2.42. The standard InChI is InChI=1S/C10H16FN3/c1-10(2,13-3)8(11)7-5-4-6-14-9(7)12/h4-6,8,13H,1-3H3,(H2,12,14). The van der Waals surface area contributed by atoms with Crippen LogP contribution in [-0.4, -0.2) is 17.6 Å². The zero-order valence-electron chi connectivity index (χ0n) is 8.71. The Hall–Kier alpha value is -1.16. The van der Waals surface area contributed by atoms with Crippen molar-refractivity contribution in [2.45, 2.75) is 25.6 Å². The van der Waals surface area contributed by atoms with E-state index in [2.05, 4.69) is 10.3 Å². The van der Waals surface area contributed by atoms with Crippen molar-refractivity contribution in [1.29, 1.82) is 0 Å². The normalized spacial score (nSPS) is 14.0. The Labute approximate surface area is 83.5 Å². The van der Waals surface area contributed by atoms with Gasteiger partial charge in [0.15, 0.2) is 0 Å². The highest BCUT2D eigenvalue weighted by Gasteiger charge is 2.30. The van der Waals surface area contributed by atoms with Crippen molar-refractivity contribution in [3.8, 4) is 0 Å². The van der Waals surface area contributed by atoms with E-state index in [1.807, 2.05) is 0 Å². The minimum Gasteiger partial charge on any atom is -0.383 e. The molecule has 0 spiro atoms. The average molecular weight is 197 g/mol. The van der Waals surface area contributed by atoms with E-state index in [4.69, 9.17) is 5.73 Å². The van der Waals surface area contributed by atoms with Crippen molar-refractivity contribution in [3.63, 3.8) is 0 Å². The summed E-state index contributed by atoms with van der Waals surface area (Å²) in [6, 6.07) is 3.34. The Balaban J connectivity index is 3.00. The zero-order valence-corrected chi connectivity index (χ0v) is 8.71. The van der Waals surface area contributed by atoms with Gasteiger partial charge in [-0.1, -0.05) is 6.07 Å². The smallest absolute Gasteiger partial charge is 0.146 e. The van der Waals surface area contributed by atoms with Gasteiger partial charge in [0.05, 0.1) is 0 Å². The first-order valence-corrected chi connectivity index (χ1v) is 4.52. The lowest BCUT2D eigenvalue weighted by Gasteiger charge is -2.28. The zero-order chi connectivity index (χ0) is 10.8. The Morgan fingerprint density at radius 1 is 1.57 bits per heavy atom. The Morgan fingerprint density at radius 2 is 2.21 bits per heavy atom. The second kappa shape index (κ2) is 3.92. The predicted octanol–water partition coefficient (Wildman–Crippen LogP) is 1.67. The van der Waals surface area contributed by atoms with Crippen LogP contribution in [0.15, 0.2) is 18.3 Å². The molecule has 0 bridgehead atoms. The first kappa shape index (κ1) is 10.9. The third-order valence-corrected chi connectivity index (χ3v) is 2.42. The fourth-order valence-electron chi connectivity index (χ4n) is 1.16. The maximum absolute atomic E-state index is 14.0. The minimum atomic E-state index is -1.17. The van der Waals surface area contributed by atoms with Crippen LogP contribution in [0.5, 0.6) is 0 Å². The number of nitrogens with zero attached hydrogens (tertiary/aromatic N) is 1. The first-order valence-electron chi connectivity index (χ1n) is 4.52. The molecule has 0 aliphatic rings. The maximum atomic E-state index is 14.0. The summed E-state index contributed by atoms with van der Waals surface area (Å²) < 4.78 is 14.0. The molecule has 0 saturated carbocycles. The Morgan fingerprint density at radius 3 is 2.71 bits per heavy atom. The van der Waals surface area contributed by atoms with Gasteiger partial charge < -0.3 is 11.1 Å². The highest BCUT2D eigenvalue weighted by Crippen LogP contribution is 2.31. The first-order chi connectivity index (χ1) is 6.49. The van der Waals surface area contributed by atoms with Crippen molar-refractivity contribution in [1.82, 2.24) is 10.3 Å². The van der Waals surface area contributed by atoms with Gasteiger partial charge in [-0.15, -0.1) is 0 Å². The Kier molecular flexibility index (Phi) is 3.06. The molecule has 0 fully saturated rings. The maximum Gasteiger partial charge on any atom is 0.146 e. The molecule has 1 atom stereocenters. The quantitative estimate of drug-likeness (QED) is 0.775. The van der Waals surface area contributed by atoms with Crippen LogP contribution >= 0.6 is 0 Å². The number of nitrogen functional groups attached to an aromatic ring is 1. The molecule has 1 rings (SSSR count). The highest BCUT2D eigenvalue weighted by atomic mass is 19.1. The summed E-state index contributed by atoms with van der Waals surface area (Å²) in [5.41, 5.74) is 5.39. The molecule has 1 aromatic rings. The summed E-state index contributed by atoms with van der Waals surface area (Å²) in [5.74, 6) is 0.253. The topological polar surface area (TPSA) is 50.9 Å². The molecular formula is C10H16FN3. The van der Waals surface area contributed by atoms with Crippen LogP contribution in [0.4, 0.5) is 10.2 Å². The van der Waals surface area contributed by atoms with Crippen molar-refractivity contribution < 1.29 is 4.39 Å². The SMILES string of the molecule is CNC(C)(C)C(F)c1cccnc1N. The second-order valence-corrected chi connectivity index (χ2v) is 3.81. The van der Waals surface area contributed by atoms with E-state index in [0.29, 0.717) is 5.56 Å². The van der Waals surface area contributed by atoms with Crippen molar-refractivity contribution in [3.05, 3.63) is 23.9 Å². The summed E-state index contributed by atoms with van der Waals surface area (Å²) in [5, 5.41) is 2.91. The third kappa shape index (κ3) is 2.01. The fourth-order valence-corrected chi connectivity index (χ4v) is 1.16. The summed E-state index contributed by atoms with van der Waals surface area (Å²) in [6.45, 7) is 3.56. The lowest BCUT2D eigenvalue weighted by Crippen LogP contribution is -2.40. The number of hydrogen-bond donors (Lipinski definition) is 2. The molecule has 3 N–H and O–H groups in total. The van der Waals surface area contributed by atoms with E-state index in [1.165, 1.54) is 0 Å². The van der Waals surface area contributed by atoms with Gasteiger partial charge in [0.25, 0.3) is 0 Å². The van der Waals surface area contributed by atoms with Crippen LogP contribution < -0.4 is 11.1 Å². The highest BCUT2D eigenvalue weighted by molar-refractivity contribution is 5.41. The van der Waals surface area contributed by atoms with Crippen LogP contribution in [0, 0.1) is 0 Å². The molecule has 0 aromatic carbocycles. The molecule has 0 radical (unpaired) electrons. The molecule has 0 aliphatic carbocycles. The van der Waals surface area contributed by atoms with Gasteiger partial charge in [-0.25, -0.2) is 9.37 Å². The number of anilines is 1. The largest absolute Gasteiger partial charge is 0.383 e. The second-order valence-electron chi connectivity index (χ2n) is 3.81. The molecule has 0 aliphatic heterocycles. The van der Waals surface area contributed by atoms with Crippen LogP contribution in [0.25, 0.3) is 0 Å². The summed E-state index contributed by atoms with van der Waals surface area (Å²) in [4.78, 5) is 3.86. The number of alkyl halides is 1. The van der Waals surface area contributed by atoms with Crippen LogP contribution in [0.3, 0.4) is 0 Å². The molecule has 78 valence electrons. The number of halogens is 1. The van der Waals surface area contributed by atoms with Crippen molar-refractivity contribution in [2.24, 2.45) is 0 Å². The van der Waals surface area contributed by atoms with E-state index < -0.39 is 11.7 Å². The van der Waals surface area contributed by atoms with Gasteiger partial charge in [0.1, 0.15) is 12.0 Å². The average Bonchev–Trinajstić information content (AvgIpc) is 2.17. The molecule has 3 nitrogen and oxygen atoms in total. The van der Waals surface area contributed by atoms with E-state index in [1.54, 1.807) is 39.2 Å². The lowest BCUT2D eigenvalue weighted by atomic mass is 9.93. The van der Waals surface area contributed by atoms with Gasteiger partial charge in [0.2, 0.25) is 0 Å². The van der Waals surface area contributed by atoms with Crippen molar-refractivity contribution >= 4 is 5.82 Å². The van der Waals surface area contributed by atoms with Gasteiger partial charge >= 0.3 is 0 Å². The van der Waals surface area contributed by atoms with Crippen LogP contribution in [0.1, 0.15) is 25.6 Å². The fraction of sp³-hybridized carbons (Fsp3) is 0.500. The van der Waals surface area contributed by atoms with E-state index >= 15 is 0 Å². The number of hydrogen-bond acceptors (Lipinski definition) is 3. The van der Waals surface area contributed by atoms with Gasteiger partial charge in [-0.05, 0) is 27.0 Å². The number of nitrogens with one attached hydrogen (secondary N) is 1. The van der Waals surface area contributed by atoms with Crippen molar-refractivity contribution in [2.75, 3.05) is 12.8 Å². The molecule has 1 unspecified atom stereocenters. The van der Waals surface area contributed by atoms with Gasteiger partial charge in [-0.3, -0.25) is 0 Å². The van der Waals surface area contributed by atoms with Crippen LogP contribution in [0.2, 0.25) is 0 Å². The van der Waals surface area contributed by atoms with E-state index in [9.17, 15) is 4.39 Å². The number of likely N-dealkylation sites (N-methyl/N-ethyl adjacent to an activating group) is 1. The van der Waals surface area contributed by atoms with E-state index in [0.717, 1.165) is 0 Å². The molecule has 14 heavy (non-hydrogen) atoms. The van der Waals surface area contributed by atoms with Gasteiger partial charge in [0, 0.05) is 17.3 Å². The number of nitrogens with two attached hydrogens (primary N) is 1. The van der Waals surface area contributed by atoms with Gasteiger partial charge in [-0.2, -0.15) is 0 Å². The summed E-state index contributed by atoms with van der Waals surface area (Å²) in [6.07, 6.45) is 0.388. The predicted molar refractivity (Wildman–Crippen MR) is 55.6 cm³/mol.